The molecule has 0 aromatic rings. The third kappa shape index (κ3) is 4.05. The molecule has 0 aliphatic rings. The molecule has 0 N–H and O–H groups in total. The molecule has 0 saturated carbocycles. The molecule has 0 radical (unpaired) electrons. The van der Waals surface area contributed by atoms with Crippen LogP contribution in [-0.4, -0.2) is 18.2 Å². The maximum Gasteiger partial charge on any atom is 0.335 e. The highest BCUT2D eigenvalue weighted by Crippen LogP contribution is 2.04. The number of hydrogen-bond donors (Lipinski definition) is 0. The van der Waals surface area contributed by atoms with Crippen LogP contribution in [0.15, 0.2) is 0 Å². The summed E-state index contributed by atoms with van der Waals surface area (Å²) in [6.45, 7) is 0. The molecule has 1 unspecified atom stereocenters. The van der Waals surface area contributed by atoms with Gasteiger partial charge in [0.1, 0.15) is 0 Å². The summed E-state index contributed by atoms with van der Waals surface area (Å²) in [4.78, 5) is 19.0. The van der Waals surface area contributed by atoms with Crippen molar-refractivity contribution >= 4 is 12.1 Å². The molecule has 0 bridgehead atoms. The molecule has 0 aliphatic heterocycles. The summed E-state index contributed by atoms with van der Waals surface area (Å²) in [6.07, 6.45) is -3.83. The highest BCUT2D eigenvalue weighted by molar-refractivity contribution is 5.74. The number of carbonyl (C=O) groups is 2. The summed E-state index contributed by atoms with van der Waals surface area (Å²) in [6, 6.07) is -3.91. The molecule has 0 fully saturated rings. The first kappa shape index (κ1) is 9.13. The average molecular weight is 154 g/mol. The number of carbonyl (C=O) groups excluding carboxylic acids is 2. The molecule has 0 heterocycles. The summed E-state index contributed by atoms with van der Waals surface area (Å²) in [5.41, 5.74) is 0. The van der Waals surface area contributed by atoms with E-state index in [2.05, 4.69) is 0 Å². The van der Waals surface area contributed by atoms with Crippen molar-refractivity contribution in [3.8, 4) is 0 Å². The molecule has 0 aliphatic carbocycles. The highest BCUT2D eigenvalue weighted by Gasteiger charge is 2.17. The lowest BCUT2D eigenvalue weighted by Crippen LogP contribution is -2.10. The van der Waals surface area contributed by atoms with E-state index in [1.54, 1.807) is 0 Å². The van der Waals surface area contributed by atoms with Gasteiger partial charge < -0.3 is 0 Å². The van der Waals surface area contributed by atoms with Crippen molar-refractivity contribution in [2.45, 2.75) is 19.0 Å². The van der Waals surface area contributed by atoms with Gasteiger partial charge in [-0.1, -0.05) is 0 Å². The summed E-state index contributed by atoms with van der Waals surface area (Å²) in [7, 11) is 0. The third-order valence-electron chi connectivity index (χ3n) is 0.841. The Morgan fingerprint density at radius 1 is 1.30 bits per heavy atom. The van der Waals surface area contributed by atoms with Gasteiger partial charge in [0.2, 0.25) is 0 Å². The molecular formula is C5H5F3O2. The Labute approximate surface area is 55.0 Å². The smallest absolute Gasteiger partial charge is 0.261 e. The minimum absolute atomic E-state index is 0.718. The van der Waals surface area contributed by atoms with Crippen molar-refractivity contribution < 1.29 is 22.8 Å². The summed E-state index contributed by atoms with van der Waals surface area (Å²) in [5.74, 6) is 0. The average Bonchev–Trinajstić information content (AvgIpc) is 1.82. The van der Waals surface area contributed by atoms with Gasteiger partial charge in [0, 0.05) is 6.42 Å². The van der Waals surface area contributed by atoms with Gasteiger partial charge in [-0.3, -0.25) is 9.59 Å². The van der Waals surface area contributed by atoms with Crippen molar-refractivity contribution in [3.63, 3.8) is 0 Å². The standard InChI is InChI=1S/C5H5F3O2/c6-3(5(8)10)1-2-4(7)9/h3H,1-2H2. The second kappa shape index (κ2) is 4.03. The Balaban J connectivity index is 3.49. The van der Waals surface area contributed by atoms with Gasteiger partial charge in [0.15, 0.2) is 6.17 Å². The van der Waals surface area contributed by atoms with E-state index in [-0.39, 0.29) is 0 Å². The van der Waals surface area contributed by atoms with Gasteiger partial charge in [-0.15, -0.1) is 0 Å². The van der Waals surface area contributed by atoms with Gasteiger partial charge in [-0.05, 0) is 6.42 Å². The summed E-state index contributed by atoms with van der Waals surface area (Å²) in [5, 5.41) is 0. The van der Waals surface area contributed by atoms with Crippen LogP contribution >= 0.6 is 0 Å². The zero-order valence-corrected chi connectivity index (χ0v) is 4.94. The molecule has 0 spiro atoms. The lowest BCUT2D eigenvalue weighted by Gasteiger charge is -1.95. The van der Waals surface area contributed by atoms with E-state index < -0.39 is 31.1 Å². The summed E-state index contributed by atoms with van der Waals surface area (Å²) >= 11 is 0. The topological polar surface area (TPSA) is 34.1 Å². The first-order chi connectivity index (χ1) is 4.54. The SMILES string of the molecule is O=C(F)CCC(F)C(=O)F. The fourth-order valence-electron chi connectivity index (χ4n) is 0.354. The Kier molecular flexibility index (Phi) is 3.68. The zero-order valence-electron chi connectivity index (χ0n) is 4.94. The Bertz CT molecular complexity index is 146. The van der Waals surface area contributed by atoms with E-state index in [9.17, 15) is 22.8 Å². The van der Waals surface area contributed by atoms with E-state index in [0.29, 0.717) is 0 Å². The molecule has 5 heteroatoms. The van der Waals surface area contributed by atoms with E-state index in [0.717, 1.165) is 0 Å². The fourth-order valence-corrected chi connectivity index (χ4v) is 0.354. The molecule has 1 atom stereocenters. The zero-order chi connectivity index (χ0) is 8.15. The van der Waals surface area contributed by atoms with Crippen molar-refractivity contribution in [1.82, 2.24) is 0 Å². The highest BCUT2D eigenvalue weighted by atomic mass is 19.2. The Morgan fingerprint density at radius 3 is 2.10 bits per heavy atom. The fraction of sp³-hybridized carbons (Fsp3) is 0.600. The molecular weight excluding hydrogens is 149 g/mol. The number of alkyl halides is 1. The van der Waals surface area contributed by atoms with E-state index in [4.69, 9.17) is 0 Å². The van der Waals surface area contributed by atoms with Crippen LogP contribution in [0, 0.1) is 0 Å². The first-order valence-corrected chi connectivity index (χ1v) is 2.55. The quantitative estimate of drug-likeness (QED) is 0.568. The van der Waals surface area contributed by atoms with Gasteiger partial charge >= 0.3 is 12.1 Å². The van der Waals surface area contributed by atoms with Crippen LogP contribution < -0.4 is 0 Å². The number of hydrogen-bond acceptors (Lipinski definition) is 2. The van der Waals surface area contributed by atoms with Gasteiger partial charge in [-0.2, -0.15) is 8.78 Å². The molecule has 2 nitrogen and oxygen atoms in total. The molecule has 58 valence electrons. The van der Waals surface area contributed by atoms with Crippen LogP contribution in [-0.2, 0) is 9.59 Å². The second-order valence-corrected chi connectivity index (χ2v) is 1.67. The van der Waals surface area contributed by atoms with Crippen LogP contribution in [0.1, 0.15) is 12.8 Å². The maximum absolute atomic E-state index is 11.8. The van der Waals surface area contributed by atoms with Crippen LogP contribution in [0.5, 0.6) is 0 Å². The second-order valence-electron chi connectivity index (χ2n) is 1.67. The lowest BCUT2D eigenvalue weighted by molar-refractivity contribution is -0.135. The number of halogens is 3. The maximum atomic E-state index is 11.8. The van der Waals surface area contributed by atoms with Crippen LogP contribution in [0.4, 0.5) is 13.2 Å². The van der Waals surface area contributed by atoms with Gasteiger partial charge in [0.25, 0.3) is 0 Å². The predicted molar refractivity (Wildman–Crippen MR) is 26.4 cm³/mol. The minimum Gasteiger partial charge on any atom is -0.261 e. The first-order valence-electron chi connectivity index (χ1n) is 2.55. The molecule has 0 amide bonds. The van der Waals surface area contributed by atoms with Crippen LogP contribution in [0.3, 0.4) is 0 Å². The molecule has 10 heavy (non-hydrogen) atoms. The molecule has 0 aromatic carbocycles. The normalized spacial score (nSPS) is 12.7. The van der Waals surface area contributed by atoms with E-state index in [1.165, 1.54) is 0 Å². The summed E-state index contributed by atoms with van der Waals surface area (Å²) < 4.78 is 34.4. The third-order valence-corrected chi connectivity index (χ3v) is 0.841. The van der Waals surface area contributed by atoms with Crippen LogP contribution in [0.25, 0.3) is 0 Å². The number of rotatable bonds is 4. The van der Waals surface area contributed by atoms with Crippen molar-refractivity contribution in [2.75, 3.05) is 0 Å². The monoisotopic (exact) mass is 154 g/mol. The molecule has 0 saturated heterocycles. The van der Waals surface area contributed by atoms with Gasteiger partial charge in [0.05, 0.1) is 0 Å². The largest absolute Gasteiger partial charge is 0.335 e. The Hall–Kier alpha value is -0.870. The molecule has 0 aromatic heterocycles. The minimum atomic E-state index is -2.36. The van der Waals surface area contributed by atoms with Gasteiger partial charge in [-0.25, -0.2) is 4.39 Å². The molecule has 0 rings (SSSR count). The Morgan fingerprint density at radius 2 is 1.80 bits per heavy atom. The van der Waals surface area contributed by atoms with Crippen molar-refractivity contribution in [2.24, 2.45) is 0 Å². The predicted octanol–water partition coefficient (Wildman–Crippen LogP) is 1.10. The lowest BCUT2D eigenvalue weighted by atomic mass is 10.2. The van der Waals surface area contributed by atoms with Crippen molar-refractivity contribution in [1.29, 1.82) is 0 Å². The van der Waals surface area contributed by atoms with Crippen LogP contribution in [0.2, 0.25) is 0 Å². The van der Waals surface area contributed by atoms with E-state index >= 15 is 0 Å². The van der Waals surface area contributed by atoms with Crippen molar-refractivity contribution in [3.05, 3.63) is 0 Å². The van der Waals surface area contributed by atoms with E-state index in [1.807, 2.05) is 0 Å².